The van der Waals surface area contributed by atoms with Crippen LogP contribution in [0.3, 0.4) is 0 Å². The molecular weight excluding hydrogens is 410 g/mol. The number of rotatable bonds is 6. The highest BCUT2D eigenvalue weighted by Crippen LogP contribution is 2.18. The Balaban J connectivity index is 1.34. The summed E-state index contributed by atoms with van der Waals surface area (Å²) in [6, 6.07) is 14.3. The molecule has 0 aliphatic carbocycles. The zero-order valence-corrected chi connectivity index (χ0v) is 18.0. The van der Waals surface area contributed by atoms with Gasteiger partial charge in [0.05, 0.1) is 28.7 Å². The first-order chi connectivity index (χ1) is 15.4. The highest BCUT2D eigenvalue weighted by Gasteiger charge is 2.14. The van der Waals surface area contributed by atoms with Gasteiger partial charge >= 0.3 is 0 Å². The van der Waals surface area contributed by atoms with Crippen LogP contribution in [0, 0.1) is 13.8 Å². The van der Waals surface area contributed by atoms with Gasteiger partial charge in [0.2, 0.25) is 5.91 Å². The molecule has 4 aromatic rings. The van der Waals surface area contributed by atoms with Crippen molar-refractivity contribution in [1.82, 2.24) is 25.6 Å². The first-order valence-corrected chi connectivity index (χ1v) is 10.1. The number of carbonyl (C=O) groups is 2. The second-order valence-corrected chi connectivity index (χ2v) is 7.37. The highest BCUT2D eigenvalue weighted by atomic mass is 16.5. The van der Waals surface area contributed by atoms with E-state index in [9.17, 15) is 9.59 Å². The molecule has 0 aliphatic heterocycles. The molecular formula is C23H23N5O4. The smallest absolute Gasteiger partial charge is 0.269 e. The van der Waals surface area contributed by atoms with Crippen molar-refractivity contribution >= 4 is 22.8 Å². The maximum atomic E-state index is 12.5. The summed E-state index contributed by atoms with van der Waals surface area (Å²) in [5, 5.41) is 3.90. The van der Waals surface area contributed by atoms with Crippen LogP contribution in [0.15, 0.2) is 53.1 Å². The first-order valence-electron chi connectivity index (χ1n) is 10.1. The van der Waals surface area contributed by atoms with Crippen molar-refractivity contribution in [2.45, 2.75) is 26.9 Å². The molecule has 0 fully saturated rings. The number of aromatic nitrogens is 3. The second kappa shape index (κ2) is 8.93. The summed E-state index contributed by atoms with van der Waals surface area (Å²) in [5.41, 5.74) is 8.60. The zero-order chi connectivity index (χ0) is 22.7. The third-order valence-corrected chi connectivity index (χ3v) is 5.17. The molecule has 32 heavy (non-hydrogen) atoms. The number of nitrogens with zero attached hydrogens (tertiary/aromatic N) is 3. The summed E-state index contributed by atoms with van der Waals surface area (Å²) in [7, 11) is 1.85. The van der Waals surface area contributed by atoms with Gasteiger partial charge in [-0.25, -0.2) is 4.98 Å². The van der Waals surface area contributed by atoms with Crippen LogP contribution in [0.5, 0.6) is 5.75 Å². The Bertz CT molecular complexity index is 1270. The van der Waals surface area contributed by atoms with Crippen LogP contribution < -0.4 is 15.6 Å². The third-order valence-electron chi connectivity index (χ3n) is 5.17. The highest BCUT2D eigenvalue weighted by molar-refractivity contribution is 5.95. The molecule has 0 bridgehead atoms. The normalized spacial score (nSPS) is 10.8. The minimum Gasteiger partial charge on any atom is -0.489 e. The molecule has 2 heterocycles. The number of benzene rings is 2. The number of nitrogens with one attached hydrogen (secondary N) is 2. The van der Waals surface area contributed by atoms with E-state index >= 15 is 0 Å². The van der Waals surface area contributed by atoms with Gasteiger partial charge in [0, 0.05) is 12.6 Å². The lowest BCUT2D eigenvalue weighted by atomic mass is 10.2. The van der Waals surface area contributed by atoms with E-state index in [0.717, 1.165) is 22.3 Å². The molecule has 0 atom stereocenters. The van der Waals surface area contributed by atoms with E-state index in [1.54, 1.807) is 24.3 Å². The van der Waals surface area contributed by atoms with Crippen LogP contribution in [0.1, 0.15) is 33.2 Å². The fraction of sp³-hybridized carbons (Fsp3) is 0.217. The van der Waals surface area contributed by atoms with Gasteiger partial charge in [-0.15, -0.1) is 0 Å². The monoisotopic (exact) mass is 433 g/mol. The standard InChI is InChI=1S/C23H23N5O4/c1-14-18(15(2)32-27-14)13-31-17-8-6-7-16(11-17)23(30)26-25-22(29)12-21-24-19-9-4-5-10-20(19)28(21)3/h4-11H,12-13H2,1-3H3,(H,25,29)(H,26,30). The molecule has 4 rings (SSSR count). The van der Waals surface area contributed by atoms with E-state index in [0.29, 0.717) is 22.9 Å². The molecule has 0 spiro atoms. The topological polar surface area (TPSA) is 111 Å². The van der Waals surface area contributed by atoms with E-state index in [-0.39, 0.29) is 18.9 Å². The second-order valence-electron chi connectivity index (χ2n) is 7.37. The molecule has 2 aromatic heterocycles. The lowest BCUT2D eigenvalue weighted by Crippen LogP contribution is -2.42. The van der Waals surface area contributed by atoms with Gasteiger partial charge in [-0.2, -0.15) is 0 Å². The van der Waals surface area contributed by atoms with Gasteiger partial charge in [0.1, 0.15) is 23.9 Å². The number of hydrogen-bond acceptors (Lipinski definition) is 6. The van der Waals surface area contributed by atoms with E-state index in [1.165, 1.54) is 0 Å². The van der Waals surface area contributed by atoms with Gasteiger partial charge in [0.15, 0.2) is 0 Å². The predicted molar refractivity (Wildman–Crippen MR) is 117 cm³/mol. The molecule has 164 valence electrons. The van der Waals surface area contributed by atoms with Crippen LogP contribution >= 0.6 is 0 Å². The number of hydrazine groups is 1. The number of hydrogen-bond donors (Lipinski definition) is 2. The van der Waals surface area contributed by atoms with E-state index in [4.69, 9.17) is 9.26 Å². The summed E-state index contributed by atoms with van der Waals surface area (Å²) < 4.78 is 12.8. The van der Waals surface area contributed by atoms with Gasteiger partial charge in [-0.1, -0.05) is 23.4 Å². The Morgan fingerprint density at radius 1 is 1.09 bits per heavy atom. The molecule has 2 aromatic carbocycles. The van der Waals surface area contributed by atoms with Gasteiger partial charge in [0.25, 0.3) is 5.91 Å². The number of fused-ring (bicyclic) bond motifs is 1. The molecule has 0 unspecified atom stereocenters. The first kappa shape index (κ1) is 21.1. The number of carbonyl (C=O) groups excluding carboxylic acids is 2. The SMILES string of the molecule is Cc1noc(C)c1COc1cccc(C(=O)NNC(=O)Cc2nc3ccccc3n2C)c1. The zero-order valence-electron chi connectivity index (χ0n) is 18.0. The molecule has 2 amide bonds. The minimum atomic E-state index is -0.453. The van der Waals surface area contributed by atoms with Crippen molar-refractivity contribution in [1.29, 1.82) is 0 Å². The summed E-state index contributed by atoms with van der Waals surface area (Å²) in [6.45, 7) is 3.94. The Morgan fingerprint density at radius 3 is 2.66 bits per heavy atom. The fourth-order valence-electron chi connectivity index (χ4n) is 3.33. The van der Waals surface area contributed by atoms with Crippen molar-refractivity contribution in [2.75, 3.05) is 0 Å². The van der Waals surface area contributed by atoms with Gasteiger partial charge < -0.3 is 13.8 Å². The van der Waals surface area contributed by atoms with Crippen LogP contribution in [0.2, 0.25) is 0 Å². The van der Waals surface area contributed by atoms with E-state index in [1.807, 2.05) is 49.7 Å². The lowest BCUT2D eigenvalue weighted by Gasteiger charge is -2.10. The molecule has 0 radical (unpaired) electrons. The number of amides is 2. The molecule has 0 saturated heterocycles. The Morgan fingerprint density at radius 2 is 1.91 bits per heavy atom. The fourth-order valence-corrected chi connectivity index (χ4v) is 3.33. The minimum absolute atomic E-state index is 0.0338. The average Bonchev–Trinajstić information content (AvgIpc) is 3.29. The number of ether oxygens (including phenoxy) is 1. The summed E-state index contributed by atoms with van der Waals surface area (Å²) in [4.78, 5) is 29.3. The molecule has 0 saturated carbocycles. The van der Waals surface area contributed by atoms with E-state index in [2.05, 4.69) is 21.0 Å². The maximum Gasteiger partial charge on any atom is 0.269 e. The number of aryl methyl sites for hydroxylation is 3. The van der Waals surface area contributed by atoms with Crippen molar-refractivity contribution in [3.8, 4) is 5.75 Å². The van der Waals surface area contributed by atoms with E-state index < -0.39 is 5.91 Å². The van der Waals surface area contributed by atoms with Crippen molar-refractivity contribution < 1.29 is 18.8 Å². The summed E-state index contributed by atoms with van der Waals surface area (Å²) >= 11 is 0. The lowest BCUT2D eigenvalue weighted by molar-refractivity contribution is -0.121. The van der Waals surface area contributed by atoms with Crippen molar-refractivity contribution in [3.05, 3.63) is 76.9 Å². The summed E-state index contributed by atoms with van der Waals surface area (Å²) in [5.74, 6) is 0.991. The van der Waals surface area contributed by atoms with Crippen LogP contribution in [0.4, 0.5) is 0 Å². The predicted octanol–water partition coefficient (Wildman–Crippen LogP) is 2.76. The average molecular weight is 433 g/mol. The van der Waals surface area contributed by atoms with Gasteiger partial charge in [-0.05, 0) is 44.2 Å². The third kappa shape index (κ3) is 4.46. The van der Waals surface area contributed by atoms with Crippen LogP contribution in [-0.2, 0) is 24.9 Å². The Labute approximate surface area is 184 Å². The number of imidazole rings is 1. The van der Waals surface area contributed by atoms with Gasteiger partial charge in [-0.3, -0.25) is 20.4 Å². The summed E-state index contributed by atoms with van der Waals surface area (Å²) in [6.07, 6.45) is 0.0338. The Hall–Kier alpha value is -4.14. The number of para-hydroxylation sites is 2. The molecule has 0 aliphatic rings. The maximum absolute atomic E-state index is 12.5. The quantitative estimate of drug-likeness (QED) is 0.452. The van der Waals surface area contributed by atoms with Crippen LogP contribution in [-0.4, -0.2) is 26.5 Å². The van der Waals surface area contributed by atoms with Crippen molar-refractivity contribution in [2.24, 2.45) is 7.05 Å². The van der Waals surface area contributed by atoms with Crippen molar-refractivity contribution in [3.63, 3.8) is 0 Å². The molecule has 2 N–H and O–H groups in total. The largest absolute Gasteiger partial charge is 0.489 e. The molecule has 9 nitrogen and oxygen atoms in total. The Kier molecular flexibility index (Phi) is 5.89. The van der Waals surface area contributed by atoms with Crippen LogP contribution in [0.25, 0.3) is 11.0 Å². The molecule has 9 heteroatoms.